The number of benzene rings is 1. The highest BCUT2D eigenvalue weighted by Crippen LogP contribution is 2.38. The molecular weight excluding hydrogens is 316 g/mol. The average Bonchev–Trinajstić information content (AvgIpc) is 2.56. The quantitative estimate of drug-likeness (QED) is 0.645. The normalized spacial score (nSPS) is 10.5. The molecule has 0 unspecified atom stereocenters. The zero-order valence-corrected chi connectivity index (χ0v) is 14.7. The molecule has 0 aliphatic heterocycles. The predicted octanol–water partition coefficient (Wildman–Crippen LogP) is 2.42. The lowest BCUT2D eigenvalue weighted by Crippen LogP contribution is -2.17. The Kier molecular flexibility index (Phi) is 5.54. The molecule has 0 saturated carbocycles. The molecule has 0 aliphatic carbocycles. The average molecular weight is 336 g/mol. The van der Waals surface area contributed by atoms with Gasteiger partial charge in [0.2, 0.25) is 5.75 Å². The summed E-state index contributed by atoms with van der Waals surface area (Å²) < 4.78 is 16.0. The number of aryl methyl sites for hydroxylation is 1. The second-order valence-electron chi connectivity index (χ2n) is 4.85. The molecule has 2 aromatic rings. The third-order valence-corrected chi connectivity index (χ3v) is 4.08. The predicted molar refractivity (Wildman–Crippen MR) is 90.3 cm³/mol. The van der Waals surface area contributed by atoms with Gasteiger partial charge in [0.05, 0.1) is 21.3 Å². The lowest BCUT2D eigenvalue weighted by Gasteiger charge is -2.14. The van der Waals surface area contributed by atoms with Gasteiger partial charge in [0.25, 0.3) is 5.56 Å². The summed E-state index contributed by atoms with van der Waals surface area (Å²) in [5.74, 6) is 1.65. The first kappa shape index (κ1) is 17.2. The Hall–Kier alpha value is -2.15. The van der Waals surface area contributed by atoms with Gasteiger partial charge in [-0.3, -0.25) is 4.79 Å². The van der Waals surface area contributed by atoms with Crippen molar-refractivity contribution in [2.45, 2.75) is 18.5 Å². The van der Waals surface area contributed by atoms with Crippen molar-refractivity contribution >= 4 is 11.8 Å². The Morgan fingerprint density at radius 1 is 1.13 bits per heavy atom. The van der Waals surface area contributed by atoms with E-state index in [-0.39, 0.29) is 5.56 Å². The van der Waals surface area contributed by atoms with Gasteiger partial charge in [-0.15, -0.1) is 0 Å². The molecule has 1 aromatic carbocycles. The zero-order valence-electron chi connectivity index (χ0n) is 13.9. The Morgan fingerprint density at radius 3 is 2.17 bits per heavy atom. The molecule has 0 atom stereocenters. The first-order valence-electron chi connectivity index (χ1n) is 6.96. The van der Waals surface area contributed by atoms with Gasteiger partial charge in [-0.25, -0.2) is 4.98 Å². The van der Waals surface area contributed by atoms with Crippen molar-refractivity contribution < 1.29 is 14.2 Å². The van der Waals surface area contributed by atoms with E-state index in [1.54, 1.807) is 21.3 Å². The monoisotopic (exact) mass is 336 g/mol. The van der Waals surface area contributed by atoms with E-state index >= 15 is 0 Å². The van der Waals surface area contributed by atoms with Crippen molar-refractivity contribution in [3.05, 3.63) is 39.3 Å². The van der Waals surface area contributed by atoms with Gasteiger partial charge in [-0.2, -0.15) is 0 Å². The van der Waals surface area contributed by atoms with E-state index in [0.29, 0.717) is 40.1 Å². The van der Waals surface area contributed by atoms with Gasteiger partial charge in [0, 0.05) is 17.7 Å². The number of nitrogens with zero attached hydrogens (tertiary/aromatic N) is 1. The highest BCUT2D eigenvalue weighted by Gasteiger charge is 2.15. The second-order valence-corrected chi connectivity index (χ2v) is 5.64. The maximum absolute atomic E-state index is 12.3. The van der Waals surface area contributed by atoms with Crippen LogP contribution in [0.4, 0.5) is 0 Å². The lowest BCUT2D eigenvalue weighted by molar-refractivity contribution is 0.324. The van der Waals surface area contributed by atoms with Crippen LogP contribution in [0, 0.1) is 6.92 Å². The largest absolute Gasteiger partial charge is 0.493 e. The maximum atomic E-state index is 12.3. The number of aromatic nitrogens is 2. The zero-order chi connectivity index (χ0) is 17.0. The van der Waals surface area contributed by atoms with Gasteiger partial charge in [-0.1, -0.05) is 11.8 Å². The fourth-order valence-corrected chi connectivity index (χ4v) is 2.75. The molecule has 0 fully saturated rings. The topological polar surface area (TPSA) is 73.4 Å². The minimum Gasteiger partial charge on any atom is -0.493 e. The number of hydrogen-bond donors (Lipinski definition) is 1. The molecule has 1 aromatic heterocycles. The van der Waals surface area contributed by atoms with Crippen molar-refractivity contribution in [1.82, 2.24) is 9.97 Å². The van der Waals surface area contributed by atoms with E-state index in [1.807, 2.05) is 25.3 Å². The van der Waals surface area contributed by atoms with Crippen molar-refractivity contribution in [3.63, 3.8) is 0 Å². The number of methoxy groups -OCH3 is 3. The summed E-state index contributed by atoms with van der Waals surface area (Å²) in [6, 6.07) is 3.67. The molecule has 7 heteroatoms. The number of ether oxygens (including phenoxy) is 3. The SMILES string of the molecule is COc1cc(Cc2c(C)nc(SC)[nH]c2=O)cc(OC)c1OC. The Balaban J connectivity index is 2.47. The smallest absolute Gasteiger partial charge is 0.255 e. The van der Waals surface area contributed by atoms with E-state index in [0.717, 1.165) is 5.56 Å². The second kappa shape index (κ2) is 7.41. The molecule has 2 rings (SSSR count). The highest BCUT2D eigenvalue weighted by molar-refractivity contribution is 7.98. The van der Waals surface area contributed by atoms with Crippen LogP contribution in [0.5, 0.6) is 17.2 Å². The lowest BCUT2D eigenvalue weighted by atomic mass is 10.0. The van der Waals surface area contributed by atoms with Crippen LogP contribution in [0.25, 0.3) is 0 Å². The number of aromatic amines is 1. The third kappa shape index (κ3) is 3.61. The van der Waals surface area contributed by atoms with Crippen LogP contribution in [-0.4, -0.2) is 37.6 Å². The molecule has 0 spiro atoms. The van der Waals surface area contributed by atoms with Gasteiger partial charge < -0.3 is 19.2 Å². The highest BCUT2D eigenvalue weighted by atomic mass is 32.2. The third-order valence-electron chi connectivity index (χ3n) is 3.50. The van der Waals surface area contributed by atoms with Crippen LogP contribution >= 0.6 is 11.8 Å². The molecule has 124 valence electrons. The molecular formula is C16H20N2O4S. The first-order chi connectivity index (χ1) is 11.0. The van der Waals surface area contributed by atoms with Crippen LogP contribution in [0.2, 0.25) is 0 Å². The number of rotatable bonds is 6. The molecule has 0 saturated heterocycles. The molecule has 1 N–H and O–H groups in total. The summed E-state index contributed by atoms with van der Waals surface area (Å²) in [5, 5.41) is 0.612. The van der Waals surface area contributed by atoms with Crippen molar-refractivity contribution in [2.24, 2.45) is 0 Å². The van der Waals surface area contributed by atoms with Crippen LogP contribution in [0.3, 0.4) is 0 Å². The van der Waals surface area contributed by atoms with Crippen molar-refractivity contribution in [3.8, 4) is 17.2 Å². The van der Waals surface area contributed by atoms with E-state index in [9.17, 15) is 4.79 Å². The van der Waals surface area contributed by atoms with Gasteiger partial charge in [-0.05, 0) is 30.9 Å². The van der Waals surface area contributed by atoms with E-state index in [1.165, 1.54) is 11.8 Å². The van der Waals surface area contributed by atoms with Crippen molar-refractivity contribution in [2.75, 3.05) is 27.6 Å². The molecule has 0 amide bonds. The van der Waals surface area contributed by atoms with E-state index < -0.39 is 0 Å². The number of thioether (sulfide) groups is 1. The van der Waals surface area contributed by atoms with E-state index in [4.69, 9.17) is 14.2 Å². The summed E-state index contributed by atoms with van der Waals surface area (Å²) in [4.78, 5) is 19.4. The van der Waals surface area contributed by atoms with Gasteiger partial charge >= 0.3 is 0 Å². The molecule has 6 nitrogen and oxygen atoms in total. The number of H-pyrrole nitrogens is 1. The van der Waals surface area contributed by atoms with Crippen molar-refractivity contribution in [1.29, 1.82) is 0 Å². The maximum Gasteiger partial charge on any atom is 0.255 e. The Bertz CT molecular complexity index is 733. The molecule has 1 heterocycles. The van der Waals surface area contributed by atoms with Crippen LogP contribution in [0.15, 0.2) is 22.1 Å². The summed E-state index contributed by atoms with van der Waals surface area (Å²) in [5.41, 5.74) is 2.09. The van der Waals surface area contributed by atoms with Gasteiger partial charge in [0.1, 0.15) is 0 Å². The summed E-state index contributed by atoms with van der Waals surface area (Å²) in [6.45, 7) is 1.84. The first-order valence-corrected chi connectivity index (χ1v) is 8.19. The van der Waals surface area contributed by atoms with Crippen LogP contribution < -0.4 is 19.8 Å². The molecule has 23 heavy (non-hydrogen) atoms. The number of hydrogen-bond acceptors (Lipinski definition) is 6. The fourth-order valence-electron chi connectivity index (χ4n) is 2.33. The Morgan fingerprint density at radius 2 is 1.74 bits per heavy atom. The number of nitrogens with one attached hydrogen (secondary N) is 1. The summed E-state index contributed by atoms with van der Waals surface area (Å²) in [7, 11) is 4.68. The Labute approximate surface area is 139 Å². The standard InChI is InChI=1S/C16H20N2O4S/c1-9-11(15(19)18-16(17-9)23-5)6-10-7-12(20-2)14(22-4)13(8-10)21-3/h7-8H,6H2,1-5H3,(H,17,18,19). The minimum atomic E-state index is -0.129. The minimum absolute atomic E-state index is 0.129. The molecule has 0 bridgehead atoms. The van der Waals surface area contributed by atoms with E-state index in [2.05, 4.69) is 9.97 Å². The summed E-state index contributed by atoms with van der Waals surface area (Å²) >= 11 is 1.41. The van der Waals surface area contributed by atoms with Crippen LogP contribution in [0.1, 0.15) is 16.8 Å². The molecule has 0 radical (unpaired) electrons. The fraction of sp³-hybridized carbons (Fsp3) is 0.375. The van der Waals surface area contributed by atoms with Gasteiger partial charge in [0.15, 0.2) is 16.7 Å². The molecule has 0 aliphatic rings. The van der Waals surface area contributed by atoms with Crippen LogP contribution in [-0.2, 0) is 6.42 Å². The summed E-state index contributed by atoms with van der Waals surface area (Å²) in [6.07, 6.45) is 2.30.